The summed E-state index contributed by atoms with van der Waals surface area (Å²) in [5, 5.41) is 3.46. The second-order valence-corrected chi connectivity index (χ2v) is 6.70. The predicted octanol–water partition coefficient (Wildman–Crippen LogP) is 2.24. The van der Waals surface area contributed by atoms with E-state index in [1.165, 1.54) is 9.75 Å². The van der Waals surface area contributed by atoms with Gasteiger partial charge in [-0.2, -0.15) is 0 Å². The molecule has 1 rings (SSSR count). The lowest BCUT2D eigenvalue weighted by atomic mass is 10.3. The number of hydrogen-bond acceptors (Lipinski definition) is 4. The van der Waals surface area contributed by atoms with Gasteiger partial charge in [0.2, 0.25) is 0 Å². The second kappa shape index (κ2) is 7.89. The zero-order valence-electron chi connectivity index (χ0n) is 12.4. The molecule has 0 amide bonds. The molecule has 0 aliphatic heterocycles. The van der Waals surface area contributed by atoms with Crippen molar-refractivity contribution >= 4 is 11.3 Å². The van der Waals surface area contributed by atoms with E-state index < -0.39 is 0 Å². The molecule has 0 saturated carbocycles. The molecule has 0 spiro atoms. The van der Waals surface area contributed by atoms with Gasteiger partial charge in [0.05, 0.1) is 0 Å². The van der Waals surface area contributed by atoms with Crippen LogP contribution < -0.4 is 5.32 Å². The first-order chi connectivity index (χ1) is 8.47. The molecule has 104 valence electrons. The lowest BCUT2D eigenvalue weighted by Crippen LogP contribution is -2.28. The largest absolute Gasteiger partial charge is 0.310 e. The molecule has 0 radical (unpaired) electrons. The Kier molecular flexibility index (Phi) is 6.86. The van der Waals surface area contributed by atoms with Gasteiger partial charge in [-0.15, -0.1) is 11.3 Å². The highest BCUT2D eigenvalue weighted by molar-refractivity contribution is 7.11. The number of hydrogen-bond donors (Lipinski definition) is 1. The van der Waals surface area contributed by atoms with Gasteiger partial charge in [0.25, 0.3) is 0 Å². The fourth-order valence-corrected chi connectivity index (χ4v) is 2.67. The molecule has 0 fully saturated rings. The van der Waals surface area contributed by atoms with Gasteiger partial charge in [-0.05, 0) is 33.3 Å². The average Bonchev–Trinajstić information content (AvgIpc) is 2.71. The summed E-state index contributed by atoms with van der Waals surface area (Å²) in [7, 11) is 6.43. The molecule has 0 unspecified atom stereocenters. The number of nitrogens with one attached hydrogen (secondary N) is 1. The van der Waals surface area contributed by atoms with E-state index in [9.17, 15) is 0 Å². The molecule has 0 aromatic carbocycles. The summed E-state index contributed by atoms with van der Waals surface area (Å²) < 4.78 is 0. The van der Waals surface area contributed by atoms with Crippen molar-refractivity contribution < 1.29 is 0 Å². The van der Waals surface area contributed by atoms with Crippen molar-refractivity contribution in [2.75, 3.05) is 34.2 Å². The maximum Gasteiger partial charge on any atom is 0.0325 e. The van der Waals surface area contributed by atoms with Gasteiger partial charge in [-0.25, -0.2) is 0 Å². The fraction of sp³-hybridized carbons (Fsp3) is 0.714. The van der Waals surface area contributed by atoms with Crippen LogP contribution in [-0.2, 0) is 13.1 Å². The van der Waals surface area contributed by atoms with E-state index in [1.54, 1.807) is 0 Å². The van der Waals surface area contributed by atoms with Crippen LogP contribution in [0, 0.1) is 0 Å². The Morgan fingerprint density at radius 3 is 2.39 bits per heavy atom. The summed E-state index contributed by atoms with van der Waals surface area (Å²) in [5.74, 6) is 0. The SMILES string of the molecule is CC(C)NCc1ccc(CN(C)CCN(C)C)s1. The minimum Gasteiger partial charge on any atom is -0.310 e. The molecule has 18 heavy (non-hydrogen) atoms. The van der Waals surface area contributed by atoms with Crippen molar-refractivity contribution in [2.45, 2.75) is 33.0 Å². The first-order valence-corrected chi connectivity index (χ1v) is 7.43. The van der Waals surface area contributed by atoms with Crippen LogP contribution in [0.5, 0.6) is 0 Å². The summed E-state index contributed by atoms with van der Waals surface area (Å²) in [6, 6.07) is 5.06. The summed E-state index contributed by atoms with van der Waals surface area (Å²) in [6.45, 7) is 8.64. The molecule has 1 N–H and O–H groups in total. The van der Waals surface area contributed by atoms with E-state index in [-0.39, 0.29) is 0 Å². The van der Waals surface area contributed by atoms with Gasteiger partial charge in [0.1, 0.15) is 0 Å². The van der Waals surface area contributed by atoms with E-state index in [1.807, 2.05) is 11.3 Å². The van der Waals surface area contributed by atoms with Crippen LogP contribution in [-0.4, -0.2) is 50.1 Å². The highest BCUT2D eigenvalue weighted by Gasteiger charge is 2.05. The van der Waals surface area contributed by atoms with Crippen LogP contribution in [0.25, 0.3) is 0 Å². The smallest absolute Gasteiger partial charge is 0.0325 e. The molecule has 0 saturated heterocycles. The molecule has 3 nitrogen and oxygen atoms in total. The average molecular weight is 269 g/mol. The van der Waals surface area contributed by atoms with Gasteiger partial charge in [0, 0.05) is 42.0 Å². The van der Waals surface area contributed by atoms with Crippen LogP contribution in [0.4, 0.5) is 0 Å². The van der Waals surface area contributed by atoms with Crippen LogP contribution in [0.1, 0.15) is 23.6 Å². The van der Waals surface area contributed by atoms with E-state index in [0.29, 0.717) is 6.04 Å². The van der Waals surface area contributed by atoms with Crippen molar-refractivity contribution in [2.24, 2.45) is 0 Å². The van der Waals surface area contributed by atoms with Crippen LogP contribution in [0.2, 0.25) is 0 Å². The Balaban J connectivity index is 2.34. The molecule has 0 aliphatic carbocycles. The molecule has 0 aliphatic rings. The number of rotatable bonds is 8. The normalized spacial score (nSPS) is 12.0. The van der Waals surface area contributed by atoms with Gasteiger partial charge >= 0.3 is 0 Å². The third-order valence-electron chi connectivity index (χ3n) is 2.76. The highest BCUT2D eigenvalue weighted by atomic mass is 32.1. The zero-order chi connectivity index (χ0) is 13.5. The summed E-state index contributed by atoms with van der Waals surface area (Å²) >= 11 is 1.92. The third-order valence-corrected chi connectivity index (χ3v) is 3.83. The van der Waals surface area contributed by atoms with Crippen LogP contribution in [0.15, 0.2) is 12.1 Å². The van der Waals surface area contributed by atoms with Crippen molar-refractivity contribution in [1.82, 2.24) is 15.1 Å². The minimum atomic E-state index is 0.554. The molecular formula is C14H27N3S. The molecule has 0 atom stereocenters. The summed E-state index contributed by atoms with van der Waals surface area (Å²) in [6.07, 6.45) is 0. The topological polar surface area (TPSA) is 18.5 Å². The quantitative estimate of drug-likeness (QED) is 0.781. The lowest BCUT2D eigenvalue weighted by molar-refractivity contribution is 0.278. The number of likely N-dealkylation sites (N-methyl/N-ethyl adjacent to an activating group) is 2. The highest BCUT2D eigenvalue weighted by Crippen LogP contribution is 2.17. The van der Waals surface area contributed by atoms with E-state index in [2.05, 4.69) is 62.2 Å². The summed E-state index contributed by atoms with van der Waals surface area (Å²) in [5.41, 5.74) is 0. The zero-order valence-corrected chi connectivity index (χ0v) is 13.2. The van der Waals surface area contributed by atoms with E-state index in [4.69, 9.17) is 0 Å². The number of thiophene rings is 1. The number of nitrogens with zero attached hydrogens (tertiary/aromatic N) is 2. The van der Waals surface area contributed by atoms with Gasteiger partial charge in [0.15, 0.2) is 0 Å². The monoisotopic (exact) mass is 269 g/mol. The van der Waals surface area contributed by atoms with E-state index >= 15 is 0 Å². The fourth-order valence-electron chi connectivity index (χ4n) is 1.62. The van der Waals surface area contributed by atoms with Crippen molar-refractivity contribution in [3.63, 3.8) is 0 Å². The third kappa shape index (κ3) is 6.50. The van der Waals surface area contributed by atoms with Crippen molar-refractivity contribution in [3.05, 3.63) is 21.9 Å². The first-order valence-electron chi connectivity index (χ1n) is 6.61. The second-order valence-electron chi connectivity index (χ2n) is 5.44. The van der Waals surface area contributed by atoms with Crippen molar-refractivity contribution in [1.29, 1.82) is 0 Å². The van der Waals surface area contributed by atoms with Crippen LogP contribution >= 0.6 is 11.3 Å². The molecule has 0 bridgehead atoms. The maximum absolute atomic E-state index is 3.46. The van der Waals surface area contributed by atoms with Crippen molar-refractivity contribution in [3.8, 4) is 0 Å². The molecule has 1 heterocycles. The Bertz CT molecular complexity index is 334. The van der Waals surface area contributed by atoms with Crippen LogP contribution in [0.3, 0.4) is 0 Å². The molecule has 1 aromatic rings. The molecule has 4 heteroatoms. The van der Waals surface area contributed by atoms with Gasteiger partial charge in [-0.1, -0.05) is 13.8 Å². The van der Waals surface area contributed by atoms with Gasteiger partial charge < -0.3 is 15.1 Å². The minimum absolute atomic E-state index is 0.554. The Hall–Kier alpha value is -0.420. The Labute approximate surface area is 116 Å². The Morgan fingerprint density at radius 2 is 1.78 bits per heavy atom. The predicted molar refractivity (Wildman–Crippen MR) is 81.2 cm³/mol. The standard InChI is InChI=1S/C14H27N3S/c1-12(2)15-10-13-6-7-14(18-13)11-17(5)9-8-16(3)4/h6-7,12,15H,8-11H2,1-5H3. The lowest BCUT2D eigenvalue weighted by Gasteiger charge is -2.18. The maximum atomic E-state index is 3.46. The summed E-state index contributed by atoms with van der Waals surface area (Å²) in [4.78, 5) is 7.49. The molecule has 1 aromatic heterocycles. The first kappa shape index (κ1) is 15.6. The Morgan fingerprint density at radius 1 is 1.11 bits per heavy atom. The van der Waals surface area contributed by atoms with Gasteiger partial charge in [-0.3, -0.25) is 0 Å². The molecular weight excluding hydrogens is 242 g/mol. The van der Waals surface area contributed by atoms with E-state index in [0.717, 1.165) is 26.2 Å².